The van der Waals surface area contributed by atoms with Crippen molar-refractivity contribution in [2.75, 3.05) is 24.6 Å². The molecule has 3 rings (SSSR count). The molecule has 1 aromatic carbocycles. The fourth-order valence-corrected chi connectivity index (χ4v) is 4.58. The molecule has 0 aromatic heterocycles. The molecule has 1 spiro atoms. The van der Waals surface area contributed by atoms with Gasteiger partial charge >= 0.3 is 0 Å². The third kappa shape index (κ3) is 2.69. The Morgan fingerprint density at radius 1 is 1.06 bits per heavy atom. The molecule has 0 aliphatic carbocycles. The summed E-state index contributed by atoms with van der Waals surface area (Å²) >= 11 is 2.14. The average Bonchev–Trinajstić information content (AvgIpc) is 2.74. The number of rotatable bonds is 2. The number of nitrogens with zero attached hydrogens (tertiary/aromatic N) is 1. The summed E-state index contributed by atoms with van der Waals surface area (Å²) in [6, 6.07) is 10.9. The first-order valence-electron chi connectivity index (χ1n) is 6.70. The summed E-state index contributed by atoms with van der Waals surface area (Å²) in [7, 11) is 0. The number of hydrogen-bond donors (Lipinski definition) is 0. The van der Waals surface area contributed by atoms with Crippen LogP contribution in [-0.2, 0) is 6.54 Å². The topological polar surface area (TPSA) is 3.24 Å². The Morgan fingerprint density at radius 2 is 1.82 bits per heavy atom. The van der Waals surface area contributed by atoms with Crippen molar-refractivity contribution in [2.24, 2.45) is 5.41 Å². The van der Waals surface area contributed by atoms with Crippen LogP contribution < -0.4 is 0 Å². The maximum absolute atomic E-state index is 2.66. The predicted octanol–water partition coefficient (Wildman–Crippen LogP) is 3.41. The lowest BCUT2D eigenvalue weighted by Crippen LogP contribution is -2.30. The Labute approximate surface area is 109 Å². The molecule has 92 valence electrons. The Hall–Kier alpha value is -0.470. The van der Waals surface area contributed by atoms with Gasteiger partial charge in [0.25, 0.3) is 0 Å². The fourth-order valence-electron chi connectivity index (χ4n) is 3.22. The molecule has 0 radical (unpaired) electrons. The van der Waals surface area contributed by atoms with E-state index in [2.05, 4.69) is 47.0 Å². The van der Waals surface area contributed by atoms with Gasteiger partial charge in [-0.1, -0.05) is 30.3 Å². The average molecular weight is 247 g/mol. The highest BCUT2D eigenvalue weighted by atomic mass is 32.2. The van der Waals surface area contributed by atoms with Gasteiger partial charge in [0, 0.05) is 13.1 Å². The second kappa shape index (κ2) is 5.03. The van der Waals surface area contributed by atoms with Crippen LogP contribution in [0.5, 0.6) is 0 Å². The number of hydrogen-bond acceptors (Lipinski definition) is 2. The van der Waals surface area contributed by atoms with E-state index in [4.69, 9.17) is 0 Å². The van der Waals surface area contributed by atoms with Crippen molar-refractivity contribution >= 4 is 11.8 Å². The highest BCUT2D eigenvalue weighted by Crippen LogP contribution is 2.42. The molecular weight excluding hydrogens is 226 g/mol. The maximum atomic E-state index is 2.66. The number of thioether (sulfide) groups is 1. The first-order chi connectivity index (χ1) is 8.36. The van der Waals surface area contributed by atoms with Crippen molar-refractivity contribution in [1.29, 1.82) is 0 Å². The van der Waals surface area contributed by atoms with E-state index in [9.17, 15) is 0 Å². The molecule has 2 heteroatoms. The molecule has 0 bridgehead atoms. The van der Waals surface area contributed by atoms with Crippen molar-refractivity contribution in [3.63, 3.8) is 0 Å². The first-order valence-corrected chi connectivity index (χ1v) is 7.86. The zero-order chi connectivity index (χ0) is 11.6. The fraction of sp³-hybridized carbons (Fsp3) is 0.600. The Morgan fingerprint density at radius 3 is 2.59 bits per heavy atom. The van der Waals surface area contributed by atoms with E-state index in [1.165, 1.54) is 49.4 Å². The van der Waals surface area contributed by atoms with Crippen LogP contribution in [0, 0.1) is 5.41 Å². The summed E-state index contributed by atoms with van der Waals surface area (Å²) in [5, 5.41) is 0. The van der Waals surface area contributed by atoms with Gasteiger partial charge in [0.2, 0.25) is 0 Å². The molecule has 2 fully saturated rings. The number of benzene rings is 1. The first kappa shape index (κ1) is 11.6. The van der Waals surface area contributed by atoms with Crippen molar-refractivity contribution in [3.05, 3.63) is 35.9 Å². The summed E-state index contributed by atoms with van der Waals surface area (Å²) < 4.78 is 0. The van der Waals surface area contributed by atoms with Gasteiger partial charge in [-0.3, -0.25) is 4.90 Å². The molecule has 0 N–H and O–H groups in total. The SMILES string of the molecule is c1ccc(CN2CCC3(CCSCC3)C2)cc1. The van der Waals surface area contributed by atoms with Crippen molar-refractivity contribution in [2.45, 2.75) is 25.8 Å². The maximum Gasteiger partial charge on any atom is 0.0233 e. The minimum atomic E-state index is 0.681. The van der Waals surface area contributed by atoms with Crippen LogP contribution in [-0.4, -0.2) is 29.5 Å². The standard InChI is InChI=1S/C15H21NS/c1-2-4-14(5-3-1)12-16-9-6-15(13-16)7-10-17-11-8-15/h1-5H,6-13H2. The van der Waals surface area contributed by atoms with Crippen molar-refractivity contribution in [1.82, 2.24) is 4.90 Å². The zero-order valence-corrected chi connectivity index (χ0v) is 11.2. The van der Waals surface area contributed by atoms with E-state index < -0.39 is 0 Å². The predicted molar refractivity (Wildman–Crippen MR) is 75.3 cm³/mol. The van der Waals surface area contributed by atoms with Crippen LogP contribution in [0.25, 0.3) is 0 Å². The Bertz CT molecular complexity index is 356. The summed E-state index contributed by atoms with van der Waals surface area (Å²) in [6.45, 7) is 3.79. The molecular formula is C15H21NS. The van der Waals surface area contributed by atoms with Gasteiger partial charge in [0.15, 0.2) is 0 Å². The second-order valence-corrected chi connectivity index (χ2v) is 6.78. The van der Waals surface area contributed by atoms with Gasteiger partial charge in [-0.25, -0.2) is 0 Å². The van der Waals surface area contributed by atoms with Gasteiger partial charge in [-0.2, -0.15) is 11.8 Å². The molecule has 0 amide bonds. The Balaban J connectivity index is 1.60. The van der Waals surface area contributed by atoms with Gasteiger partial charge < -0.3 is 0 Å². The molecule has 0 saturated carbocycles. The van der Waals surface area contributed by atoms with E-state index >= 15 is 0 Å². The molecule has 0 atom stereocenters. The second-order valence-electron chi connectivity index (χ2n) is 5.56. The summed E-state index contributed by atoms with van der Waals surface area (Å²) in [6.07, 6.45) is 4.33. The van der Waals surface area contributed by atoms with E-state index in [-0.39, 0.29) is 0 Å². The van der Waals surface area contributed by atoms with Crippen LogP contribution in [0.15, 0.2) is 30.3 Å². The highest BCUT2D eigenvalue weighted by Gasteiger charge is 2.38. The molecule has 1 nitrogen and oxygen atoms in total. The van der Waals surface area contributed by atoms with E-state index in [1.807, 2.05) is 0 Å². The summed E-state index contributed by atoms with van der Waals surface area (Å²) in [5.74, 6) is 2.78. The summed E-state index contributed by atoms with van der Waals surface area (Å²) in [5.41, 5.74) is 2.15. The minimum absolute atomic E-state index is 0.681. The minimum Gasteiger partial charge on any atom is -0.299 e. The quantitative estimate of drug-likeness (QED) is 0.788. The Kier molecular flexibility index (Phi) is 3.44. The van der Waals surface area contributed by atoms with Crippen LogP contribution in [0.3, 0.4) is 0 Å². The third-order valence-electron chi connectivity index (χ3n) is 4.32. The van der Waals surface area contributed by atoms with Gasteiger partial charge in [-0.15, -0.1) is 0 Å². The van der Waals surface area contributed by atoms with Crippen LogP contribution in [0.4, 0.5) is 0 Å². The largest absolute Gasteiger partial charge is 0.299 e. The molecule has 2 saturated heterocycles. The molecule has 17 heavy (non-hydrogen) atoms. The molecule has 2 aliphatic heterocycles. The van der Waals surface area contributed by atoms with Crippen LogP contribution in [0.2, 0.25) is 0 Å². The van der Waals surface area contributed by atoms with Crippen LogP contribution >= 0.6 is 11.8 Å². The van der Waals surface area contributed by atoms with Crippen molar-refractivity contribution < 1.29 is 0 Å². The van der Waals surface area contributed by atoms with E-state index in [1.54, 1.807) is 0 Å². The number of likely N-dealkylation sites (tertiary alicyclic amines) is 1. The smallest absolute Gasteiger partial charge is 0.0233 e. The molecule has 2 heterocycles. The van der Waals surface area contributed by atoms with Gasteiger partial charge in [0.1, 0.15) is 0 Å². The third-order valence-corrected chi connectivity index (χ3v) is 5.31. The lowest BCUT2D eigenvalue weighted by molar-refractivity contribution is 0.235. The summed E-state index contributed by atoms with van der Waals surface area (Å²) in [4.78, 5) is 2.66. The molecule has 2 aliphatic rings. The molecule has 1 aromatic rings. The van der Waals surface area contributed by atoms with Gasteiger partial charge in [-0.05, 0) is 48.3 Å². The monoisotopic (exact) mass is 247 g/mol. The van der Waals surface area contributed by atoms with Gasteiger partial charge in [0.05, 0.1) is 0 Å². The normalized spacial score (nSPS) is 24.2. The molecule has 0 unspecified atom stereocenters. The lowest BCUT2D eigenvalue weighted by atomic mass is 9.81. The van der Waals surface area contributed by atoms with Crippen molar-refractivity contribution in [3.8, 4) is 0 Å². The van der Waals surface area contributed by atoms with E-state index in [0.717, 1.165) is 6.54 Å². The zero-order valence-electron chi connectivity index (χ0n) is 10.4. The highest BCUT2D eigenvalue weighted by molar-refractivity contribution is 7.99. The lowest BCUT2D eigenvalue weighted by Gasteiger charge is -2.33. The van der Waals surface area contributed by atoms with E-state index in [0.29, 0.717) is 5.41 Å². The van der Waals surface area contributed by atoms with Crippen LogP contribution in [0.1, 0.15) is 24.8 Å².